The van der Waals surface area contributed by atoms with E-state index in [1.165, 1.54) is 16.3 Å². The molecule has 1 aromatic carbocycles. The van der Waals surface area contributed by atoms with Crippen LogP contribution in [0.3, 0.4) is 0 Å². The van der Waals surface area contributed by atoms with Crippen molar-refractivity contribution in [3.8, 4) is 0 Å². The molecule has 0 unspecified atom stereocenters. The standard InChI is InChI=1S/C20H20ClN3O4S/c21-13-5-6-16-17(9-13)23-20(24(19(16)26)11-15-4-2-8-28-15)29-12-18(25)22-10-14-3-1-7-27-14/h2,4-6,8-9,14H,1,3,7,10-12H2,(H,22,25)/t14-/m0/s1. The van der Waals surface area contributed by atoms with Gasteiger partial charge in [0.2, 0.25) is 5.91 Å². The molecule has 1 N–H and O–H groups in total. The van der Waals surface area contributed by atoms with Crippen LogP contribution in [-0.2, 0) is 16.1 Å². The molecule has 1 fully saturated rings. The van der Waals surface area contributed by atoms with Gasteiger partial charge in [-0.15, -0.1) is 0 Å². The van der Waals surface area contributed by atoms with Crippen LogP contribution in [0.4, 0.5) is 0 Å². The maximum Gasteiger partial charge on any atom is 0.262 e. The number of ether oxygens (including phenoxy) is 1. The predicted molar refractivity (Wildman–Crippen MR) is 112 cm³/mol. The number of carbonyl (C=O) groups excluding carboxylic acids is 1. The maximum atomic E-state index is 13.0. The van der Waals surface area contributed by atoms with E-state index in [9.17, 15) is 9.59 Å². The molecule has 29 heavy (non-hydrogen) atoms. The first-order valence-corrected chi connectivity index (χ1v) is 10.7. The molecule has 0 spiro atoms. The van der Waals surface area contributed by atoms with Crippen LogP contribution in [0.25, 0.3) is 10.9 Å². The van der Waals surface area contributed by atoms with Crippen LogP contribution in [0, 0.1) is 0 Å². The van der Waals surface area contributed by atoms with Gasteiger partial charge in [0, 0.05) is 18.2 Å². The quantitative estimate of drug-likeness (QED) is 0.455. The molecule has 4 rings (SSSR count). The second-order valence-electron chi connectivity index (χ2n) is 6.75. The summed E-state index contributed by atoms with van der Waals surface area (Å²) in [7, 11) is 0. The molecule has 1 aliphatic heterocycles. The Balaban J connectivity index is 1.55. The van der Waals surface area contributed by atoms with Gasteiger partial charge in [-0.05, 0) is 43.2 Å². The Morgan fingerprint density at radius 2 is 2.28 bits per heavy atom. The van der Waals surface area contributed by atoms with Gasteiger partial charge in [0.15, 0.2) is 5.16 Å². The molecule has 0 aliphatic carbocycles. The molecular formula is C20H20ClN3O4S. The molecule has 3 heterocycles. The van der Waals surface area contributed by atoms with Crippen molar-refractivity contribution in [3.63, 3.8) is 0 Å². The number of aromatic nitrogens is 2. The van der Waals surface area contributed by atoms with Crippen molar-refractivity contribution < 1.29 is 13.9 Å². The zero-order chi connectivity index (χ0) is 20.2. The number of fused-ring (bicyclic) bond motifs is 1. The predicted octanol–water partition coefficient (Wildman–Crippen LogP) is 3.08. The molecule has 0 saturated carbocycles. The van der Waals surface area contributed by atoms with Crippen LogP contribution < -0.4 is 10.9 Å². The van der Waals surface area contributed by atoms with Crippen molar-refractivity contribution in [2.75, 3.05) is 18.9 Å². The van der Waals surface area contributed by atoms with Crippen molar-refractivity contribution >= 4 is 40.2 Å². The van der Waals surface area contributed by atoms with E-state index in [1.807, 2.05) is 0 Å². The first-order chi connectivity index (χ1) is 14.1. The molecule has 9 heteroatoms. The Kier molecular flexibility index (Phi) is 6.22. The minimum atomic E-state index is -0.203. The highest BCUT2D eigenvalue weighted by atomic mass is 35.5. The number of halogens is 1. The molecule has 2 aromatic heterocycles. The van der Waals surface area contributed by atoms with Gasteiger partial charge in [-0.2, -0.15) is 0 Å². The van der Waals surface area contributed by atoms with Crippen LogP contribution in [0.5, 0.6) is 0 Å². The van der Waals surface area contributed by atoms with Crippen molar-refractivity contribution in [1.29, 1.82) is 0 Å². The summed E-state index contributed by atoms with van der Waals surface area (Å²) in [6.07, 6.45) is 3.63. The summed E-state index contributed by atoms with van der Waals surface area (Å²) in [5, 5.41) is 4.28. The molecule has 1 atom stereocenters. The summed E-state index contributed by atoms with van der Waals surface area (Å²) in [6.45, 7) is 1.48. The van der Waals surface area contributed by atoms with E-state index in [0.29, 0.717) is 33.4 Å². The molecule has 0 radical (unpaired) electrons. The zero-order valence-corrected chi connectivity index (χ0v) is 17.2. The molecule has 1 aliphatic rings. The van der Waals surface area contributed by atoms with Gasteiger partial charge in [-0.3, -0.25) is 14.2 Å². The molecule has 3 aromatic rings. The number of hydrogen-bond acceptors (Lipinski definition) is 6. The lowest BCUT2D eigenvalue weighted by molar-refractivity contribution is -0.119. The topological polar surface area (TPSA) is 86.4 Å². The Morgan fingerprint density at radius 1 is 1.38 bits per heavy atom. The third-order valence-electron chi connectivity index (χ3n) is 4.66. The van der Waals surface area contributed by atoms with Gasteiger partial charge in [-0.25, -0.2) is 4.98 Å². The van der Waals surface area contributed by atoms with Gasteiger partial charge >= 0.3 is 0 Å². The number of carbonyl (C=O) groups is 1. The summed E-state index contributed by atoms with van der Waals surface area (Å²) in [5.41, 5.74) is 0.297. The van der Waals surface area contributed by atoms with E-state index in [1.54, 1.807) is 36.6 Å². The van der Waals surface area contributed by atoms with Crippen molar-refractivity contribution in [1.82, 2.24) is 14.9 Å². The normalized spacial score (nSPS) is 16.4. The SMILES string of the molecule is O=C(CSc1nc2cc(Cl)ccc2c(=O)n1Cc1ccco1)NC[C@@H]1CCCO1. The summed E-state index contributed by atoms with van der Waals surface area (Å²) in [4.78, 5) is 29.9. The van der Waals surface area contributed by atoms with E-state index in [0.717, 1.165) is 19.4 Å². The highest BCUT2D eigenvalue weighted by Crippen LogP contribution is 2.21. The fraction of sp³-hybridized carbons (Fsp3) is 0.350. The Morgan fingerprint density at radius 3 is 3.03 bits per heavy atom. The van der Waals surface area contributed by atoms with Crippen LogP contribution in [0.15, 0.2) is 51.0 Å². The largest absolute Gasteiger partial charge is 0.467 e. The lowest BCUT2D eigenvalue weighted by Gasteiger charge is -2.13. The second kappa shape index (κ2) is 9.02. The molecule has 0 bridgehead atoms. The van der Waals surface area contributed by atoms with E-state index in [4.69, 9.17) is 20.8 Å². The van der Waals surface area contributed by atoms with Crippen LogP contribution >= 0.6 is 23.4 Å². The fourth-order valence-electron chi connectivity index (χ4n) is 3.20. The van der Waals surface area contributed by atoms with Crippen LogP contribution in [0.2, 0.25) is 5.02 Å². The first-order valence-electron chi connectivity index (χ1n) is 9.34. The van der Waals surface area contributed by atoms with Crippen LogP contribution in [-0.4, -0.2) is 40.5 Å². The monoisotopic (exact) mass is 433 g/mol. The molecule has 1 saturated heterocycles. The molecule has 7 nitrogen and oxygen atoms in total. The van der Waals surface area contributed by atoms with Crippen molar-refractivity contribution in [3.05, 3.63) is 57.7 Å². The first kappa shape index (κ1) is 20.0. The zero-order valence-electron chi connectivity index (χ0n) is 15.6. The van der Waals surface area contributed by atoms with Crippen molar-refractivity contribution in [2.45, 2.75) is 30.6 Å². The minimum absolute atomic E-state index is 0.0852. The Labute approximate surface area is 176 Å². The van der Waals surface area contributed by atoms with Gasteiger partial charge in [0.25, 0.3) is 5.56 Å². The average Bonchev–Trinajstić information content (AvgIpc) is 3.41. The lowest BCUT2D eigenvalue weighted by atomic mass is 10.2. The van der Waals surface area contributed by atoms with Crippen molar-refractivity contribution in [2.24, 2.45) is 0 Å². The number of amides is 1. The number of rotatable bonds is 7. The second-order valence-corrected chi connectivity index (χ2v) is 8.13. The Bertz CT molecular complexity index is 1060. The van der Waals surface area contributed by atoms with Gasteiger partial charge in [0.05, 0.1) is 35.6 Å². The number of hydrogen-bond donors (Lipinski definition) is 1. The van der Waals surface area contributed by atoms with Gasteiger partial charge in [0.1, 0.15) is 5.76 Å². The Hall–Kier alpha value is -2.29. The van der Waals surface area contributed by atoms with E-state index in [-0.39, 0.29) is 29.9 Å². The summed E-state index contributed by atoms with van der Waals surface area (Å²) >= 11 is 7.27. The maximum absolute atomic E-state index is 13.0. The average molecular weight is 434 g/mol. The number of nitrogens with zero attached hydrogens (tertiary/aromatic N) is 2. The lowest BCUT2D eigenvalue weighted by Crippen LogP contribution is -2.33. The molecule has 1 amide bonds. The van der Waals surface area contributed by atoms with E-state index < -0.39 is 0 Å². The highest BCUT2D eigenvalue weighted by Gasteiger charge is 2.18. The fourth-order valence-corrected chi connectivity index (χ4v) is 4.19. The number of thioether (sulfide) groups is 1. The minimum Gasteiger partial charge on any atom is -0.467 e. The number of furan rings is 1. The van der Waals surface area contributed by atoms with E-state index >= 15 is 0 Å². The number of nitrogens with one attached hydrogen (secondary N) is 1. The summed E-state index contributed by atoms with van der Waals surface area (Å²) in [5.74, 6) is 0.644. The molecular weight excluding hydrogens is 414 g/mol. The summed E-state index contributed by atoms with van der Waals surface area (Å²) < 4.78 is 12.4. The van der Waals surface area contributed by atoms with Crippen LogP contribution in [0.1, 0.15) is 18.6 Å². The third-order valence-corrected chi connectivity index (χ3v) is 5.87. The van der Waals surface area contributed by atoms with E-state index in [2.05, 4.69) is 10.3 Å². The number of benzene rings is 1. The third kappa shape index (κ3) is 4.83. The smallest absolute Gasteiger partial charge is 0.262 e. The summed E-state index contributed by atoms with van der Waals surface area (Å²) in [6, 6.07) is 8.53. The highest BCUT2D eigenvalue weighted by molar-refractivity contribution is 7.99. The van der Waals surface area contributed by atoms with Gasteiger partial charge < -0.3 is 14.5 Å². The van der Waals surface area contributed by atoms with Gasteiger partial charge in [-0.1, -0.05) is 23.4 Å². The molecule has 152 valence electrons.